The Bertz CT molecular complexity index is 256. The Morgan fingerprint density at radius 1 is 1.64 bits per heavy atom. The molecule has 0 aromatic carbocycles. The van der Waals surface area contributed by atoms with Crippen molar-refractivity contribution < 1.29 is 0 Å². The fourth-order valence-electron chi connectivity index (χ4n) is 0.912. The van der Waals surface area contributed by atoms with Crippen LogP contribution in [0.4, 0.5) is 0 Å². The van der Waals surface area contributed by atoms with Gasteiger partial charge in [0.05, 0.1) is 0 Å². The van der Waals surface area contributed by atoms with E-state index in [0.29, 0.717) is 0 Å². The van der Waals surface area contributed by atoms with E-state index in [1.807, 2.05) is 11.3 Å². The van der Waals surface area contributed by atoms with Crippen LogP contribution in [0.25, 0.3) is 6.08 Å². The largest absolute Gasteiger partial charge is 0.149 e. The molecular formula is C10H14S. The van der Waals surface area contributed by atoms with E-state index in [4.69, 9.17) is 0 Å². The van der Waals surface area contributed by atoms with Gasteiger partial charge in [-0.2, -0.15) is 0 Å². The van der Waals surface area contributed by atoms with Crippen LogP contribution in [0.3, 0.4) is 0 Å². The first kappa shape index (κ1) is 8.54. The van der Waals surface area contributed by atoms with E-state index in [1.54, 1.807) is 0 Å². The summed E-state index contributed by atoms with van der Waals surface area (Å²) in [7, 11) is 0. The molecule has 0 fully saturated rings. The first-order valence-corrected chi connectivity index (χ1v) is 4.83. The van der Waals surface area contributed by atoms with Crippen molar-refractivity contribution in [3.8, 4) is 0 Å². The monoisotopic (exact) mass is 166 g/mol. The molecule has 0 aliphatic rings. The van der Waals surface area contributed by atoms with E-state index >= 15 is 0 Å². The van der Waals surface area contributed by atoms with Crippen LogP contribution in [0.15, 0.2) is 17.0 Å². The highest BCUT2D eigenvalue weighted by Gasteiger charge is 1.94. The van der Waals surface area contributed by atoms with Crippen LogP contribution in [-0.4, -0.2) is 0 Å². The van der Waals surface area contributed by atoms with Gasteiger partial charge in [-0.15, -0.1) is 11.3 Å². The molecule has 0 saturated heterocycles. The molecule has 0 amide bonds. The smallest absolute Gasteiger partial charge is 0.00865 e. The maximum atomic E-state index is 2.27. The SMILES string of the molecule is CC/C(C)=C\c1ccsc1C. The molecule has 0 unspecified atom stereocenters. The predicted octanol–water partition coefficient (Wildman–Crippen LogP) is 3.87. The molecule has 0 spiro atoms. The van der Waals surface area contributed by atoms with Crippen molar-refractivity contribution in [3.63, 3.8) is 0 Å². The third kappa shape index (κ3) is 2.19. The second-order valence-electron chi connectivity index (χ2n) is 2.78. The quantitative estimate of drug-likeness (QED) is 0.625. The van der Waals surface area contributed by atoms with Crippen LogP contribution >= 0.6 is 11.3 Å². The lowest BCUT2D eigenvalue weighted by atomic mass is 10.1. The lowest BCUT2D eigenvalue weighted by Crippen LogP contribution is -1.73. The van der Waals surface area contributed by atoms with Gasteiger partial charge in [0.1, 0.15) is 0 Å². The zero-order valence-corrected chi connectivity index (χ0v) is 8.16. The van der Waals surface area contributed by atoms with Gasteiger partial charge in [-0.1, -0.05) is 18.6 Å². The predicted molar refractivity (Wildman–Crippen MR) is 53.0 cm³/mol. The normalized spacial score (nSPS) is 12.1. The van der Waals surface area contributed by atoms with E-state index in [2.05, 4.69) is 38.3 Å². The van der Waals surface area contributed by atoms with E-state index < -0.39 is 0 Å². The summed E-state index contributed by atoms with van der Waals surface area (Å²) < 4.78 is 0. The summed E-state index contributed by atoms with van der Waals surface area (Å²) in [6.07, 6.45) is 3.42. The molecule has 11 heavy (non-hydrogen) atoms. The zero-order chi connectivity index (χ0) is 8.27. The molecular weight excluding hydrogens is 152 g/mol. The standard InChI is InChI=1S/C10H14S/c1-4-8(2)7-10-5-6-11-9(10)3/h5-7H,4H2,1-3H3/b8-7-. The number of rotatable bonds is 2. The molecule has 0 bridgehead atoms. The maximum Gasteiger partial charge on any atom is 0.00865 e. The number of hydrogen-bond acceptors (Lipinski definition) is 1. The van der Waals surface area contributed by atoms with Crippen molar-refractivity contribution in [2.45, 2.75) is 27.2 Å². The molecule has 0 atom stereocenters. The highest BCUT2D eigenvalue weighted by molar-refractivity contribution is 7.10. The lowest BCUT2D eigenvalue weighted by Gasteiger charge is -1.94. The zero-order valence-electron chi connectivity index (χ0n) is 7.35. The fraction of sp³-hybridized carbons (Fsp3) is 0.400. The molecule has 1 aromatic rings. The van der Waals surface area contributed by atoms with Crippen LogP contribution in [0.5, 0.6) is 0 Å². The van der Waals surface area contributed by atoms with Gasteiger partial charge in [0.15, 0.2) is 0 Å². The molecule has 0 N–H and O–H groups in total. The Hall–Kier alpha value is -0.560. The third-order valence-electron chi connectivity index (χ3n) is 1.86. The summed E-state index contributed by atoms with van der Waals surface area (Å²) in [5.74, 6) is 0. The first-order chi connectivity index (χ1) is 5.24. The van der Waals surface area contributed by atoms with Gasteiger partial charge in [0.2, 0.25) is 0 Å². The summed E-state index contributed by atoms with van der Waals surface area (Å²) in [6.45, 7) is 6.53. The maximum absolute atomic E-state index is 2.27. The molecule has 1 heteroatoms. The highest BCUT2D eigenvalue weighted by atomic mass is 32.1. The second-order valence-corrected chi connectivity index (χ2v) is 3.90. The molecule has 0 saturated carbocycles. The summed E-state index contributed by atoms with van der Waals surface area (Å²) in [5.41, 5.74) is 2.83. The van der Waals surface area contributed by atoms with Gasteiger partial charge < -0.3 is 0 Å². The van der Waals surface area contributed by atoms with Crippen molar-refractivity contribution in [1.82, 2.24) is 0 Å². The Labute approximate surface area is 72.6 Å². The number of aryl methyl sites for hydroxylation is 1. The van der Waals surface area contributed by atoms with E-state index in [1.165, 1.54) is 16.0 Å². The summed E-state index contributed by atoms with van der Waals surface area (Å²) >= 11 is 1.81. The minimum atomic E-state index is 1.15. The Morgan fingerprint density at radius 2 is 2.36 bits per heavy atom. The molecule has 0 aliphatic carbocycles. The fourth-order valence-corrected chi connectivity index (χ4v) is 1.59. The molecule has 0 radical (unpaired) electrons. The minimum Gasteiger partial charge on any atom is -0.149 e. The summed E-state index contributed by atoms with van der Waals surface area (Å²) in [5, 5.41) is 2.14. The lowest BCUT2D eigenvalue weighted by molar-refractivity contribution is 1.11. The van der Waals surface area contributed by atoms with Crippen LogP contribution in [0.1, 0.15) is 30.7 Å². The molecule has 1 heterocycles. The van der Waals surface area contributed by atoms with Gasteiger partial charge in [0.25, 0.3) is 0 Å². The molecule has 0 aliphatic heterocycles. The van der Waals surface area contributed by atoms with Gasteiger partial charge >= 0.3 is 0 Å². The third-order valence-corrected chi connectivity index (χ3v) is 2.72. The average Bonchev–Trinajstić information content (AvgIpc) is 2.37. The van der Waals surface area contributed by atoms with Gasteiger partial charge in [-0.05, 0) is 37.3 Å². The summed E-state index contributed by atoms with van der Waals surface area (Å²) in [6, 6.07) is 2.18. The average molecular weight is 166 g/mol. The van der Waals surface area contributed by atoms with Gasteiger partial charge in [-0.3, -0.25) is 0 Å². The van der Waals surface area contributed by atoms with Gasteiger partial charge in [0, 0.05) is 4.88 Å². The molecule has 0 nitrogen and oxygen atoms in total. The van der Waals surface area contributed by atoms with E-state index in [9.17, 15) is 0 Å². The van der Waals surface area contributed by atoms with Crippen LogP contribution in [0.2, 0.25) is 0 Å². The van der Waals surface area contributed by atoms with Crippen LogP contribution in [-0.2, 0) is 0 Å². The minimum absolute atomic E-state index is 1.15. The Kier molecular flexibility index (Phi) is 2.89. The van der Waals surface area contributed by atoms with Crippen molar-refractivity contribution >= 4 is 17.4 Å². The van der Waals surface area contributed by atoms with E-state index in [0.717, 1.165) is 6.42 Å². The van der Waals surface area contributed by atoms with Crippen LogP contribution < -0.4 is 0 Å². The Morgan fingerprint density at radius 3 is 2.82 bits per heavy atom. The topological polar surface area (TPSA) is 0 Å². The van der Waals surface area contributed by atoms with Crippen LogP contribution in [0, 0.1) is 6.92 Å². The molecule has 60 valence electrons. The highest BCUT2D eigenvalue weighted by Crippen LogP contribution is 2.18. The van der Waals surface area contributed by atoms with Crippen molar-refractivity contribution in [3.05, 3.63) is 27.5 Å². The van der Waals surface area contributed by atoms with Gasteiger partial charge in [-0.25, -0.2) is 0 Å². The van der Waals surface area contributed by atoms with Crippen molar-refractivity contribution in [2.24, 2.45) is 0 Å². The Balaban J connectivity index is 2.86. The van der Waals surface area contributed by atoms with Crippen molar-refractivity contribution in [2.75, 3.05) is 0 Å². The van der Waals surface area contributed by atoms with E-state index in [-0.39, 0.29) is 0 Å². The number of hydrogen-bond donors (Lipinski definition) is 0. The first-order valence-electron chi connectivity index (χ1n) is 3.95. The molecule has 1 aromatic heterocycles. The van der Waals surface area contributed by atoms with Crippen molar-refractivity contribution in [1.29, 1.82) is 0 Å². The second kappa shape index (κ2) is 3.72. The number of thiophene rings is 1. The molecule has 1 rings (SSSR count). The number of allylic oxidation sites excluding steroid dienone is 1. The summed E-state index contributed by atoms with van der Waals surface area (Å²) in [4.78, 5) is 1.41.